The van der Waals surface area contributed by atoms with Gasteiger partial charge in [0.15, 0.2) is 0 Å². The molecule has 0 saturated carbocycles. The van der Waals surface area contributed by atoms with E-state index in [-0.39, 0.29) is 18.0 Å². The van der Waals surface area contributed by atoms with Crippen molar-refractivity contribution < 1.29 is 4.79 Å². The van der Waals surface area contributed by atoms with Gasteiger partial charge in [0.25, 0.3) is 5.56 Å². The lowest BCUT2D eigenvalue weighted by molar-refractivity contribution is -0.121. The van der Waals surface area contributed by atoms with Crippen molar-refractivity contribution in [3.8, 4) is 0 Å². The van der Waals surface area contributed by atoms with Gasteiger partial charge in [0, 0.05) is 29.5 Å². The van der Waals surface area contributed by atoms with Crippen LogP contribution in [0.5, 0.6) is 0 Å². The van der Waals surface area contributed by atoms with Crippen LogP contribution in [0, 0.1) is 6.92 Å². The van der Waals surface area contributed by atoms with Gasteiger partial charge in [0.2, 0.25) is 5.91 Å². The number of carbonyl (C=O) groups excluding carboxylic acids is 1. The Morgan fingerprint density at radius 1 is 1.19 bits per heavy atom. The number of benzene rings is 1. The molecule has 21 heavy (non-hydrogen) atoms. The van der Waals surface area contributed by atoms with Crippen LogP contribution in [0.15, 0.2) is 58.4 Å². The molecule has 0 aliphatic rings. The van der Waals surface area contributed by atoms with Crippen LogP contribution in [0.1, 0.15) is 5.56 Å². The zero-order valence-corrected chi connectivity index (χ0v) is 12.7. The fourth-order valence-corrected chi connectivity index (χ4v) is 2.56. The lowest BCUT2D eigenvalue weighted by Gasteiger charge is -2.07. The van der Waals surface area contributed by atoms with Crippen molar-refractivity contribution >= 4 is 17.7 Å². The Bertz CT molecular complexity index is 650. The third-order valence-corrected chi connectivity index (χ3v) is 3.94. The van der Waals surface area contributed by atoms with E-state index in [0.29, 0.717) is 6.54 Å². The minimum absolute atomic E-state index is 0.0644. The van der Waals surface area contributed by atoms with E-state index in [9.17, 15) is 9.59 Å². The Labute approximate surface area is 128 Å². The minimum Gasteiger partial charge on any atom is -0.354 e. The maximum absolute atomic E-state index is 11.7. The number of amides is 1. The van der Waals surface area contributed by atoms with Crippen LogP contribution >= 0.6 is 11.8 Å². The van der Waals surface area contributed by atoms with E-state index in [0.717, 1.165) is 5.75 Å². The predicted molar refractivity (Wildman–Crippen MR) is 85.6 cm³/mol. The molecule has 1 heterocycles. The number of nitrogens with zero attached hydrogens (tertiary/aromatic N) is 1. The summed E-state index contributed by atoms with van der Waals surface area (Å²) in [7, 11) is 0. The molecule has 1 amide bonds. The first-order valence-corrected chi connectivity index (χ1v) is 7.75. The fourth-order valence-electron chi connectivity index (χ4n) is 1.80. The number of aromatic nitrogens is 1. The normalized spacial score (nSPS) is 10.3. The Hall–Kier alpha value is -2.01. The topological polar surface area (TPSA) is 51.1 Å². The lowest BCUT2D eigenvalue weighted by atomic mass is 10.2. The predicted octanol–water partition coefficient (Wildman–Crippen LogP) is 2.07. The summed E-state index contributed by atoms with van der Waals surface area (Å²) in [6.07, 6.45) is 1.61. The molecule has 110 valence electrons. The standard InChI is InChI=1S/C16H18N2O2S/c1-13-5-7-14(8-6-13)21-11-9-17-15(19)12-18-10-3-2-4-16(18)20/h2-8,10H,9,11-12H2,1H3,(H,17,19). The van der Waals surface area contributed by atoms with Crippen LogP contribution in [0.4, 0.5) is 0 Å². The van der Waals surface area contributed by atoms with E-state index >= 15 is 0 Å². The lowest BCUT2D eigenvalue weighted by Crippen LogP contribution is -2.32. The second-order valence-corrected chi connectivity index (χ2v) is 5.85. The summed E-state index contributed by atoms with van der Waals surface area (Å²) in [5.41, 5.74) is 1.07. The summed E-state index contributed by atoms with van der Waals surface area (Å²) in [5, 5.41) is 2.82. The van der Waals surface area contributed by atoms with Gasteiger partial charge in [-0.3, -0.25) is 9.59 Å². The third kappa shape index (κ3) is 5.11. The second-order valence-electron chi connectivity index (χ2n) is 4.68. The van der Waals surface area contributed by atoms with Gasteiger partial charge in [-0.05, 0) is 25.1 Å². The van der Waals surface area contributed by atoms with Crippen LogP contribution < -0.4 is 10.9 Å². The molecule has 0 bridgehead atoms. The van der Waals surface area contributed by atoms with Crippen LogP contribution in [0.3, 0.4) is 0 Å². The highest BCUT2D eigenvalue weighted by Crippen LogP contribution is 2.17. The van der Waals surface area contributed by atoms with E-state index in [4.69, 9.17) is 0 Å². The number of thioether (sulfide) groups is 1. The summed E-state index contributed by atoms with van der Waals surface area (Å²) in [4.78, 5) is 24.4. The average Bonchev–Trinajstić information content (AvgIpc) is 2.48. The monoisotopic (exact) mass is 302 g/mol. The SMILES string of the molecule is Cc1ccc(SCCNC(=O)Cn2ccccc2=O)cc1. The number of aryl methyl sites for hydroxylation is 1. The molecule has 0 saturated heterocycles. The first-order valence-electron chi connectivity index (χ1n) is 6.77. The molecule has 0 unspecified atom stereocenters. The number of nitrogens with one attached hydrogen (secondary N) is 1. The minimum atomic E-state index is -0.165. The fraction of sp³-hybridized carbons (Fsp3) is 0.250. The number of rotatable bonds is 6. The van der Waals surface area contributed by atoms with Gasteiger partial charge in [0.1, 0.15) is 6.54 Å². The van der Waals surface area contributed by atoms with Crippen molar-refractivity contribution in [2.24, 2.45) is 0 Å². The van der Waals surface area contributed by atoms with E-state index in [1.807, 2.05) is 0 Å². The number of hydrogen-bond acceptors (Lipinski definition) is 3. The number of hydrogen-bond donors (Lipinski definition) is 1. The van der Waals surface area contributed by atoms with Gasteiger partial charge in [0.05, 0.1) is 0 Å². The van der Waals surface area contributed by atoms with Gasteiger partial charge in [-0.1, -0.05) is 23.8 Å². The van der Waals surface area contributed by atoms with Gasteiger partial charge in [-0.2, -0.15) is 0 Å². The molecule has 0 atom stereocenters. The summed E-state index contributed by atoms with van der Waals surface area (Å²) in [6, 6.07) is 13.1. The van der Waals surface area contributed by atoms with Gasteiger partial charge >= 0.3 is 0 Å². The Morgan fingerprint density at radius 3 is 2.67 bits per heavy atom. The highest BCUT2D eigenvalue weighted by Gasteiger charge is 2.03. The molecule has 0 spiro atoms. The molecule has 1 aromatic carbocycles. The number of pyridine rings is 1. The molecule has 1 N–H and O–H groups in total. The molecular weight excluding hydrogens is 284 g/mol. The van der Waals surface area contributed by atoms with E-state index in [2.05, 4.69) is 36.5 Å². The Morgan fingerprint density at radius 2 is 1.95 bits per heavy atom. The molecule has 2 rings (SSSR count). The molecule has 2 aromatic rings. The molecule has 1 aromatic heterocycles. The molecule has 0 aliphatic heterocycles. The molecular formula is C16H18N2O2S. The van der Waals surface area contributed by atoms with E-state index < -0.39 is 0 Å². The zero-order valence-electron chi connectivity index (χ0n) is 11.9. The van der Waals surface area contributed by atoms with E-state index in [1.54, 1.807) is 30.1 Å². The highest BCUT2D eigenvalue weighted by atomic mass is 32.2. The van der Waals surface area contributed by atoms with Crippen molar-refractivity contribution in [3.05, 3.63) is 64.6 Å². The maximum atomic E-state index is 11.7. The number of carbonyl (C=O) groups is 1. The third-order valence-electron chi connectivity index (χ3n) is 2.93. The van der Waals surface area contributed by atoms with Crippen molar-refractivity contribution in [1.29, 1.82) is 0 Å². The molecule has 0 fully saturated rings. The smallest absolute Gasteiger partial charge is 0.250 e. The summed E-state index contributed by atoms with van der Waals surface area (Å²) < 4.78 is 1.39. The first-order chi connectivity index (χ1) is 10.1. The zero-order chi connectivity index (χ0) is 15.1. The van der Waals surface area contributed by atoms with Gasteiger partial charge in [-0.25, -0.2) is 0 Å². The highest BCUT2D eigenvalue weighted by molar-refractivity contribution is 7.99. The van der Waals surface area contributed by atoms with Crippen LogP contribution in [-0.2, 0) is 11.3 Å². The van der Waals surface area contributed by atoms with Gasteiger partial charge < -0.3 is 9.88 Å². The van der Waals surface area contributed by atoms with Crippen molar-refractivity contribution in [3.63, 3.8) is 0 Å². The molecule has 0 radical (unpaired) electrons. The van der Waals surface area contributed by atoms with E-state index in [1.165, 1.54) is 21.1 Å². The van der Waals surface area contributed by atoms with Crippen LogP contribution in [0.2, 0.25) is 0 Å². The molecule has 4 nitrogen and oxygen atoms in total. The first kappa shape index (κ1) is 15.4. The average molecular weight is 302 g/mol. The summed E-state index contributed by atoms with van der Waals surface area (Å²) >= 11 is 1.70. The van der Waals surface area contributed by atoms with Crippen LogP contribution in [0.25, 0.3) is 0 Å². The molecule has 5 heteroatoms. The summed E-state index contributed by atoms with van der Waals surface area (Å²) in [5.74, 6) is 0.659. The van der Waals surface area contributed by atoms with Crippen molar-refractivity contribution in [2.75, 3.05) is 12.3 Å². The molecule has 0 aliphatic carbocycles. The summed E-state index contributed by atoms with van der Waals surface area (Å²) in [6.45, 7) is 2.70. The second kappa shape index (κ2) is 7.69. The largest absolute Gasteiger partial charge is 0.354 e. The van der Waals surface area contributed by atoms with Gasteiger partial charge in [-0.15, -0.1) is 11.8 Å². The van der Waals surface area contributed by atoms with Crippen molar-refractivity contribution in [2.45, 2.75) is 18.4 Å². The van der Waals surface area contributed by atoms with Crippen molar-refractivity contribution in [1.82, 2.24) is 9.88 Å². The quantitative estimate of drug-likeness (QED) is 0.656. The Balaban J connectivity index is 1.71. The Kier molecular flexibility index (Phi) is 5.63. The van der Waals surface area contributed by atoms with Crippen LogP contribution in [-0.4, -0.2) is 22.8 Å². The maximum Gasteiger partial charge on any atom is 0.250 e.